The Morgan fingerprint density at radius 1 is 1.17 bits per heavy atom. The Morgan fingerprint density at radius 2 is 1.91 bits per heavy atom. The summed E-state index contributed by atoms with van der Waals surface area (Å²) in [6, 6.07) is 10.1. The van der Waals surface area contributed by atoms with E-state index in [9.17, 15) is 4.79 Å². The number of nitrogens with zero attached hydrogens (tertiary/aromatic N) is 1. The largest absolute Gasteiger partial charge is 0.380 e. The van der Waals surface area contributed by atoms with Gasteiger partial charge in [-0.05, 0) is 25.0 Å². The number of benzene rings is 1. The summed E-state index contributed by atoms with van der Waals surface area (Å²) >= 11 is 0. The average Bonchev–Trinajstić information content (AvgIpc) is 3.04. The van der Waals surface area contributed by atoms with Crippen molar-refractivity contribution in [2.45, 2.75) is 44.2 Å². The van der Waals surface area contributed by atoms with E-state index in [2.05, 4.69) is 10.2 Å². The highest BCUT2D eigenvalue weighted by molar-refractivity contribution is 5.94. The first kappa shape index (κ1) is 16.5. The minimum atomic E-state index is 0.0107. The van der Waals surface area contributed by atoms with Crippen molar-refractivity contribution in [2.24, 2.45) is 5.92 Å². The summed E-state index contributed by atoms with van der Waals surface area (Å²) < 4.78 is 5.69. The molecule has 4 nitrogen and oxygen atoms in total. The van der Waals surface area contributed by atoms with Crippen molar-refractivity contribution in [1.29, 1.82) is 0 Å². The van der Waals surface area contributed by atoms with E-state index >= 15 is 0 Å². The number of carbonyl (C=O) groups excluding carboxylic acids is 1. The zero-order chi connectivity index (χ0) is 16.1. The van der Waals surface area contributed by atoms with Crippen LogP contribution >= 0.6 is 0 Å². The molecule has 0 aromatic heterocycles. The molecular weight excluding hydrogens is 288 g/mol. The number of ether oxygens (including phenoxy) is 1. The van der Waals surface area contributed by atoms with Gasteiger partial charge in [-0.3, -0.25) is 9.69 Å². The number of methoxy groups -OCH3 is 1. The molecule has 1 heterocycles. The summed E-state index contributed by atoms with van der Waals surface area (Å²) in [6.07, 6.45) is 6.96. The summed E-state index contributed by atoms with van der Waals surface area (Å²) in [5, 5.41) is 3.08. The van der Waals surface area contributed by atoms with E-state index in [-0.39, 0.29) is 12.0 Å². The summed E-state index contributed by atoms with van der Waals surface area (Å²) in [4.78, 5) is 14.8. The standard InChI is InChI=1S/C19H28N2O2/c1-23-18-14-21(17-10-6-3-7-11-17)13-16(18)12-20-19(22)15-8-4-2-5-9-15/h2,4-5,8-9,16-18H,3,6-7,10-14H2,1H3,(H,20,22). The second kappa shape index (κ2) is 7.93. The SMILES string of the molecule is COC1CN(C2CCCCC2)CC1CNC(=O)c1ccccc1. The van der Waals surface area contributed by atoms with E-state index in [1.54, 1.807) is 7.11 Å². The number of likely N-dealkylation sites (tertiary alicyclic amines) is 1. The number of amides is 1. The van der Waals surface area contributed by atoms with Crippen LogP contribution in [-0.2, 0) is 4.74 Å². The Morgan fingerprint density at radius 3 is 2.61 bits per heavy atom. The molecule has 4 heteroatoms. The second-order valence-corrected chi connectivity index (χ2v) is 6.86. The molecule has 1 aliphatic carbocycles. The van der Waals surface area contributed by atoms with E-state index in [4.69, 9.17) is 4.74 Å². The molecule has 1 aromatic rings. The highest BCUT2D eigenvalue weighted by atomic mass is 16.5. The smallest absolute Gasteiger partial charge is 0.251 e. The van der Waals surface area contributed by atoms with Crippen LogP contribution in [0.5, 0.6) is 0 Å². The molecule has 3 rings (SSSR count). The molecule has 0 radical (unpaired) electrons. The molecule has 1 aliphatic heterocycles. The van der Waals surface area contributed by atoms with Gasteiger partial charge in [-0.1, -0.05) is 37.5 Å². The van der Waals surface area contributed by atoms with Crippen molar-refractivity contribution < 1.29 is 9.53 Å². The minimum Gasteiger partial charge on any atom is -0.380 e. The van der Waals surface area contributed by atoms with E-state index in [1.807, 2.05) is 30.3 Å². The van der Waals surface area contributed by atoms with Gasteiger partial charge in [-0.25, -0.2) is 0 Å². The molecule has 23 heavy (non-hydrogen) atoms. The Balaban J connectivity index is 1.53. The van der Waals surface area contributed by atoms with Gasteiger partial charge in [0.15, 0.2) is 0 Å². The van der Waals surface area contributed by atoms with Gasteiger partial charge in [-0.15, -0.1) is 0 Å². The molecule has 2 fully saturated rings. The first-order valence-electron chi connectivity index (χ1n) is 8.88. The molecule has 1 aromatic carbocycles. The molecule has 1 saturated carbocycles. The van der Waals surface area contributed by atoms with E-state index in [0.29, 0.717) is 12.5 Å². The first-order valence-corrected chi connectivity index (χ1v) is 8.88. The number of rotatable bonds is 5. The molecule has 1 saturated heterocycles. The number of hydrogen-bond acceptors (Lipinski definition) is 3. The van der Waals surface area contributed by atoms with Crippen LogP contribution < -0.4 is 5.32 Å². The fraction of sp³-hybridized carbons (Fsp3) is 0.632. The van der Waals surface area contributed by atoms with Crippen LogP contribution in [0.15, 0.2) is 30.3 Å². The minimum absolute atomic E-state index is 0.0107. The lowest BCUT2D eigenvalue weighted by Gasteiger charge is -2.31. The predicted octanol–water partition coefficient (Wildman–Crippen LogP) is 2.70. The van der Waals surface area contributed by atoms with Crippen molar-refractivity contribution in [3.05, 3.63) is 35.9 Å². The van der Waals surface area contributed by atoms with Crippen molar-refractivity contribution >= 4 is 5.91 Å². The third-order valence-electron chi connectivity index (χ3n) is 5.36. The molecule has 126 valence electrons. The Bertz CT molecular complexity index is 499. The van der Waals surface area contributed by atoms with E-state index < -0.39 is 0 Å². The lowest BCUT2D eigenvalue weighted by Crippen LogP contribution is -2.36. The number of nitrogens with one attached hydrogen (secondary N) is 1. The van der Waals surface area contributed by atoms with Gasteiger partial charge >= 0.3 is 0 Å². The summed E-state index contributed by atoms with van der Waals surface area (Å²) in [5.74, 6) is 0.395. The highest BCUT2D eigenvalue weighted by Gasteiger charge is 2.36. The average molecular weight is 316 g/mol. The fourth-order valence-electron chi connectivity index (χ4n) is 4.00. The zero-order valence-corrected chi connectivity index (χ0v) is 14.0. The summed E-state index contributed by atoms with van der Waals surface area (Å²) in [5.41, 5.74) is 0.726. The van der Waals surface area contributed by atoms with Gasteiger partial charge in [0.05, 0.1) is 6.10 Å². The lowest BCUT2D eigenvalue weighted by atomic mass is 9.94. The quantitative estimate of drug-likeness (QED) is 0.908. The third kappa shape index (κ3) is 4.12. The third-order valence-corrected chi connectivity index (χ3v) is 5.36. The number of carbonyl (C=O) groups is 1. The monoisotopic (exact) mass is 316 g/mol. The lowest BCUT2D eigenvalue weighted by molar-refractivity contribution is 0.0714. The van der Waals surface area contributed by atoms with Gasteiger partial charge in [0.25, 0.3) is 5.91 Å². The molecule has 1 N–H and O–H groups in total. The topological polar surface area (TPSA) is 41.6 Å². The van der Waals surface area contributed by atoms with Crippen molar-refractivity contribution in [1.82, 2.24) is 10.2 Å². The van der Waals surface area contributed by atoms with Crippen molar-refractivity contribution in [3.8, 4) is 0 Å². The molecular formula is C19H28N2O2. The van der Waals surface area contributed by atoms with Crippen LogP contribution in [0.2, 0.25) is 0 Å². The highest BCUT2D eigenvalue weighted by Crippen LogP contribution is 2.28. The molecule has 2 aliphatic rings. The van der Waals surface area contributed by atoms with Crippen molar-refractivity contribution in [3.63, 3.8) is 0 Å². The van der Waals surface area contributed by atoms with Crippen LogP contribution in [0.4, 0.5) is 0 Å². The Kier molecular flexibility index (Phi) is 5.68. The van der Waals surface area contributed by atoms with Gasteiger partial charge in [0.2, 0.25) is 0 Å². The summed E-state index contributed by atoms with van der Waals surface area (Å²) in [6.45, 7) is 2.74. The Labute approximate surface area is 139 Å². The van der Waals surface area contributed by atoms with Crippen LogP contribution in [0, 0.1) is 5.92 Å². The maximum atomic E-state index is 12.2. The van der Waals surface area contributed by atoms with Gasteiger partial charge < -0.3 is 10.1 Å². The predicted molar refractivity (Wildman–Crippen MR) is 91.5 cm³/mol. The van der Waals surface area contributed by atoms with Crippen molar-refractivity contribution in [2.75, 3.05) is 26.7 Å². The zero-order valence-electron chi connectivity index (χ0n) is 14.0. The Hall–Kier alpha value is -1.39. The van der Waals surface area contributed by atoms with E-state index in [1.165, 1.54) is 32.1 Å². The first-order chi connectivity index (χ1) is 11.3. The number of hydrogen-bond donors (Lipinski definition) is 1. The van der Waals surface area contributed by atoms with Gasteiger partial charge in [-0.2, -0.15) is 0 Å². The van der Waals surface area contributed by atoms with Crippen LogP contribution in [0.3, 0.4) is 0 Å². The maximum absolute atomic E-state index is 12.2. The second-order valence-electron chi connectivity index (χ2n) is 6.86. The van der Waals surface area contributed by atoms with E-state index in [0.717, 1.165) is 24.7 Å². The fourth-order valence-corrected chi connectivity index (χ4v) is 4.00. The summed E-state index contributed by atoms with van der Waals surface area (Å²) in [7, 11) is 1.79. The normalized spacial score (nSPS) is 26.3. The molecule has 2 atom stereocenters. The van der Waals surface area contributed by atoms with Crippen LogP contribution in [-0.4, -0.2) is 49.7 Å². The molecule has 2 unspecified atom stereocenters. The van der Waals surface area contributed by atoms with Crippen LogP contribution in [0.25, 0.3) is 0 Å². The molecule has 1 amide bonds. The molecule has 0 bridgehead atoms. The van der Waals surface area contributed by atoms with Crippen LogP contribution in [0.1, 0.15) is 42.5 Å². The van der Waals surface area contributed by atoms with Gasteiger partial charge in [0, 0.05) is 44.3 Å². The van der Waals surface area contributed by atoms with Gasteiger partial charge in [0.1, 0.15) is 0 Å². The maximum Gasteiger partial charge on any atom is 0.251 e. The molecule has 0 spiro atoms.